The maximum absolute atomic E-state index is 12.9. The number of halogens is 1. The number of amides is 1. The Morgan fingerprint density at radius 3 is 2.62 bits per heavy atom. The van der Waals surface area contributed by atoms with Gasteiger partial charge in [0.05, 0.1) is 17.4 Å². The first-order chi connectivity index (χ1) is 15.5. The third-order valence-electron chi connectivity index (χ3n) is 5.92. The van der Waals surface area contributed by atoms with Crippen LogP contribution in [-0.4, -0.2) is 46.5 Å². The fraction of sp³-hybridized carbons (Fsp3) is 0.375. The van der Waals surface area contributed by atoms with Gasteiger partial charge in [-0.3, -0.25) is 14.2 Å². The highest BCUT2D eigenvalue weighted by molar-refractivity contribution is 6.31. The maximum Gasteiger partial charge on any atom is 0.329 e. The summed E-state index contributed by atoms with van der Waals surface area (Å²) in [6.45, 7) is 3.92. The van der Waals surface area contributed by atoms with Crippen LogP contribution in [0.15, 0.2) is 52.1 Å². The second kappa shape index (κ2) is 10.1. The van der Waals surface area contributed by atoms with Gasteiger partial charge in [0, 0.05) is 17.1 Å². The molecule has 32 heavy (non-hydrogen) atoms. The van der Waals surface area contributed by atoms with Crippen molar-refractivity contribution in [2.75, 3.05) is 26.2 Å². The van der Waals surface area contributed by atoms with Crippen LogP contribution in [0.2, 0.25) is 5.02 Å². The highest BCUT2D eigenvalue weighted by atomic mass is 35.5. The monoisotopic (exact) mass is 454 g/mol. The van der Waals surface area contributed by atoms with Gasteiger partial charge >= 0.3 is 5.69 Å². The number of hydrogen-bond acceptors (Lipinski definition) is 4. The molecule has 168 valence electrons. The second-order valence-corrected chi connectivity index (χ2v) is 8.59. The van der Waals surface area contributed by atoms with E-state index in [1.807, 2.05) is 0 Å². The molecule has 0 unspecified atom stereocenters. The van der Waals surface area contributed by atoms with Gasteiger partial charge in [-0.1, -0.05) is 36.2 Å². The van der Waals surface area contributed by atoms with Crippen molar-refractivity contribution in [2.45, 2.75) is 32.2 Å². The van der Waals surface area contributed by atoms with Crippen LogP contribution in [0.5, 0.6) is 0 Å². The molecule has 2 heterocycles. The summed E-state index contributed by atoms with van der Waals surface area (Å²) in [5, 5.41) is 3.76. The molecule has 8 heteroatoms. The van der Waals surface area contributed by atoms with Crippen molar-refractivity contribution in [2.24, 2.45) is 0 Å². The summed E-state index contributed by atoms with van der Waals surface area (Å²) in [4.78, 5) is 43.2. The number of likely N-dealkylation sites (tertiary alicyclic amines) is 1. The number of benzene rings is 2. The van der Waals surface area contributed by atoms with Crippen LogP contribution < -0.4 is 16.6 Å². The normalized spacial score (nSPS) is 14.5. The number of aromatic nitrogens is 2. The molecule has 4 rings (SSSR count). The van der Waals surface area contributed by atoms with E-state index in [-0.39, 0.29) is 12.5 Å². The van der Waals surface area contributed by atoms with E-state index >= 15 is 0 Å². The van der Waals surface area contributed by atoms with E-state index in [0.717, 1.165) is 30.6 Å². The zero-order valence-electron chi connectivity index (χ0n) is 17.9. The largest absolute Gasteiger partial charge is 0.352 e. The number of fused-ring (bicyclic) bond motifs is 1. The van der Waals surface area contributed by atoms with E-state index in [4.69, 9.17) is 11.6 Å². The number of carbonyl (C=O) groups is 1. The first-order valence-corrected chi connectivity index (χ1v) is 11.4. The second-order valence-electron chi connectivity index (χ2n) is 8.18. The van der Waals surface area contributed by atoms with Crippen molar-refractivity contribution in [1.82, 2.24) is 19.8 Å². The Hall–Kier alpha value is -2.90. The van der Waals surface area contributed by atoms with Gasteiger partial charge in [-0.25, -0.2) is 4.79 Å². The van der Waals surface area contributed by atoms with Gasteiger partial charge in [-0.15, -0.1) is 0 Å². The van der Waals surface area contributed by atoms with Crippen LogP contribution in [0, 0.1) is 0 Å². The van der Waals surface area contributed by atoms with Crippen molar-refractivity contribution < 1.29 is 4.79 Å². The van der Waals surface area contributed by atoms with E-state index in [9.17, 15) is 14.4 Å². The quantitative estimate of drug-likeness (QED) is 0.537. The SMILES string of the molecule is O=C(NCCCN1CCCCC1)c1ccc2c(=O)n(Cc3ccccc3Cl)c(=O)[nH]c2c1. The zero-order chi connectivity index (χ0) is 22.5. The molecular weight excluding hydrogens is 428 g/mol. The predicted molar refractivity (Wildman–Crippen MR) is 127 cm³/mol. The van der Waals surface area contributed by atoms with Gasteiger partial charge in [0.15, 0.2) is 0 Å². The topological polar surface area (TPSA) is 87.2 Å². The molecule has 0 aliphatic carbocycles. The van der Waals surface area contributed by atoms with Gasteiger partial charge in [0.1, 0.15) is 0 Å². The van der Waals surface area contributed by atoms with E-state index in [0.29, 0.717) is 33.6 Å². The fourth-order valence-electron chi connectivity index (χ4n) is 4.13. The number of carbonyl (C=O) groups excluding carboxylic acids is 1. The molecule has 7 nitrogen and oxygen atoms in total. The molecule has 0 radical (unpaired) electrons. The molecule has 1 aliphatic rings. The molecule has 1 aliphatic heterocycles. The summed E-state index contributed by atoms with van der Waals surface area (Å²) in [7, 11) is 0. The molecule has 0 atom stereocenters. The standard InChI is InChI=1S/C24H27ClN4O3/c25-20-8-3-2-7-18(20)16-29-23(31)19-10-9-17(15-21(19)27-24(29)32)22(30)26-11-6-14-28-12-4-1-5-13-28/h2-3,7-10,15H,1,4-6,11-14,16H2,(H,26,30)(H,27,32). The van der Waals surface area contributed by atoms with E-state index in [1.165, 1.54) is 19.3 Å². The minimum absolute atomic E-state index is 0.0725. The van der Waals surface area contributed by atoms with Crippen LogP contribution in [0.25, 0.3) is 10.9 Å². The molecule has 0 saturated carbocycles. The molecule has 0 spiro atoms. The number of nitrogens with zero attached hydrogens (tertiary/aromatic N) is 2. The van der Waals surface area contributed by atoms with Crippen LogP contribution in [0.4, 0.5) is 0 Å². The van der Waals surface area contributed by atoms with E-state index in [1.54, 1.807) is 42.5 Å². The smallest absolute Gasteiger partial charge is 0.329 e. The summed E-state index contributed by atoms with van der Waals surface area (Å²) in [5.74, 6) is -0.216. The minimum atomic E-state index is -0.540. The first-order valence-electron chi connectivity index (χ1n) is 11.0. The van der Waals surface area contributed by atoms with Crippen molar-refractivity contribution in [3.05, 3.63) is 79.5 Å². The van der Waals surface area contributed by atoms with E-state index in [2.05, 4.69) is 15.2 Å². The number of rotatable bonds is 7. The van der Waals surface area contributed by atoms with Crippen LogP contribution in [0.1, 0.15) is 41.6 Å². The number of nitrogens with one attached hydrogen (secondary N) is 2. The number of H-pyrrole nitrogens is 1. The van der Waals surface area contributed by atoms with Gasteiger partial charge in [0.2, 0.25) is 0 Å². The summed E-state index contributed by atoms with van der Waals surface area (Å²) in [5.41, 5.74) is 0.478. The Morgan fingerprint density at radius 2 is 1.84 bits per heavy atom. The van der Waals surface area contributed by atoms with Crippen molar-refractivity contribution in [1.29, 1.82) is 0 Å². The highest BCUT2D eigenvalue weighted by Crippen LogP contribution is 2.16. The Morgan fingerprint density at radius 1 is 1.06 bits per heavy atom. The number of piperidine rings is 1. The van der Waals surface area contributed by atoms with E-state index < -0.39 is 11.2 Å². The lowest BCUT2D eigenvalue weighted by Gasteiger charge is -2.26. The molecule has 1 amide bonds. The van der Waals surface area contributed by atoms with Crippen LogP contribution >= 0.6 is 11.6 Å². The fourth-order valence-corrected chi connectivity index (χ4v) is 4.32. The zero-order valence-corrected chi connectivity index (χ0v) is 18.7. The van der Waals surface area contributed by atoms with Crippen LogP contribution in [-0.2, 0) is 6.54 Å². The molecule has 0 bridgehead atoms. The Labute approximate surface area is 191 Å². The summed E-state index contributed by atoms with van der Waals surface area (Å²) in [6, 6.07) is 11.8. The summed E-state index contributed by atoms with van der Waals surface area (Å²) in [6.07, 6.45) is 4.70. The molecule has 2 aromatic carbocycles. The lowest BCUT2D eigenvalue weighted by atomic mass is 10.1. The van der Waals surface area contributed by atoms with Gasteiger partial charge < -0.3 is 15.2 Å². The van der Waals surface area contributed by atoms with Crippen LogP contribution in [0.3, 0.4) is 0 Å². The molecule has 2 N–H and O–H groups in total. The number of aromatic amines is 1. The average Bonchev–Trinajstić information content (AvgIpc) is 2.81. The predicted octanol–water partition coefficient (Wildman–Crippen LogP) is 3.00. The molecule has 3 aromatic rings. The summed E-state index contributed by atoms with van der Waals surface area (Å²) < 4.78 is 1.11. The van der Waals surface area contributed by atoms with Crippen molar-refractivity contribution in [3.8, 4) is 0 Å². The molecule has 1 aromatic heterocycles. The van der Waals surface area contributed by atoms with Gasteiger partial charge in [-0.05, 0) is 68.7 Å². The molecular formula is C24H27ClN4O3. The van der Waals surface area contributed by atoms with Crippen molar-refractivity contribution >= 4 is 28.4 Å². The number of hydrogen-bond donors (Lipinski definition) is 2. The lowest BCUT2D eigenvalue weighted by Crippen LogP contribution is -2.35. The Bertz CT molecular complexity index is 1230. The van der Waals surface area contributed by atoms with Crippen molar-refractivity contribution in [3.63, 3.8) is 0 Å². The lowest BCUT2D eigenvalue weighted by molar-refractivity contribution is 0.0951. The Kier molecular flexibility index (Phi) is 7.07. The third kappa shape index (κ3) is 5.11. The third-order valence-corrected chi connectivity index (χ3v) is 6.28. The maximum atomic E-state index is 12.9. The summed E-state index contributed by atoms with van der Waals surface area (Å²) >= 11 is 6.17. The van der Waals surface area contributed by atoms with Gasteiger partial charge in [-0.2, -0.15) is 0 Å². The molecule has 1 fully saturated rings. The Balaban J connectivity index is 1.45. The molecule has 1 saturated heterocycles. The minimum Gasteiger partial charge on any atom is -0.352 e. The highest BCUT2D eigenvalue weighted by Gasteiger charge is 2.13. The van der Waals surface area contributed by atoms with Gasteiger partial charge in [0.25, 0.3) is 11.5 Å². The average molecular weight is 455 g/mol. The first kappa shape index (κ1) is 22.3.